The highest BCUT2D eigenvalue weighted by molar-refractivity contribution is 6.01. The number of aliphatic carboxylic acids is 1. The van der Waals surface area contributed by atoms with Crippen molar-refractivity contribution in [3.05, 3.63) is 23.8 Å². The first-order valence-electron chi connectivity index (χ1n) is 7.51. The van der Waals surface area contributed by atoms with Gasteiger partial charge in [-0.25, -0.2) is 0 Å². The molecule has 0 heterocycles. The van der Waals surface area contributed by atoms with E-state index in [-0.39, 0.29) is 18.2 Å². The zero-order chi connectivity index (χ0) is 16.5. The highest BCUT2D eigenvalue weighted by Crippen LogP contribution is 2.23. The lowest BCUT2D eigenvalue weighted by molar-refractivity contribution is -0.137. The Morgan fingerprint density at radius 3 is 2.64 bits per heavy atom. The number of carboxylic acids is 1. The molecule has 1 rings (SSSR count). The third kappa shape index (κ3) is 5.37. The lowest BCUT2D eigenvalue weighted by atomic mass is 10.0. The van der Waals surface area contributed by atoms with Crippen molar-refractivity contribution in [2.45, 2.75) is 39.2 Å². The van der Waals surface area contributed by atoms with Gasteiger partial charge in [-0.05, 0) is 44.5 Å². The Hall–Kier alpha value is -2.08. The number of benzene rings is 1. The van der Waals surface area contributed by atoms with Crippen LogP contribution in [0.5, 0.6) is 5.75 Å². The maximum absolute atomic E-state index is 12.5. The van der Waals surface area contributed by atoms with E-state index >= 15 is 0 Å². The van der Waals surface area contributed by atoms with Crippen molar-refractivity contribution >= 4 is 17.4 Å². The summed E-state index contributed by atoms with van der Waals surface area (Å²) in [5.41, 5.74) is 6.84. The van der Waals surface area contributed by atoms with Crippen molar-refractivity contribution in [3.8, 4) is 5.75 Å². The molecule has 1 unspecified atom stereocenters. The molecule has 6 nitrogen and oxygen atoms in total. The number of Topliss-reactive ketones (excluding diaryl/α,β-unsaturated/α-hetero) is 1. The van der Waals surface area contributed by atoms with E-state index in [1.165, 1.54) is 0 Å². The van der Waals surface area contributed by atoms with Crippen LogP contribution in [0.4, 0.5) is 5.69 Å². The van der Waals surface area contributed by atoms with Gasteiger partial charge in [0.15, 0.2) is 5.78 Å². The van der Waals surface area contributed by atoms with Crippen LogP contribution in [0.1, 0.15) is 43.5 Å². The van der Waals surface area contributed by atoms with Gasteiger partial charge in [0.2, 0.25) is 0 Å². The summed E-state index contributed by atoms with van der Waals surface area (Å²) in [4.78, 5) is 22.9. The zero-order valence-electron chi connectivity index (χ0n) is 13.1. The van der Waals surface area contributed by atoms with Gasteiger partial charge >= 0.3 is 5.97 Å². The fourth-order valence-corrected chi connectivity index (χ4v) is 2.13. The number of rotatable bonds is 10. The van der Waals surface area contributed by atoms with Gasteiger partial charge in [0.25, 0.3) is 0 Å². The van der Waals surface area contributed by atoms with Crippen molar-refractivity contribution in [2.75, 3.05) is 18.9 Å². The van der Waals surface area contributed by atoms with Crippen LogP contribution in [-0.2, 0) is 4.79 Å². The fraction of sp³-hybridized carbons (Fsp3) is 0.500. The monoisotopic (exact) mass is 308 g/mol. The Labute approximate surface area is 130 Å². The molecule has 1 aromatic carbocycles. The van der Waals surface area contributed by atoms with Crippen LogP contribution in [0.3, 0.4) is 0 Å². The second-order valence-electron chi connectivity index (χ2n) is 4.96. The number of hydrogen-bond donors (Lipinski definition) is 3. The minimum atomic E-state index is -0.833. The Bertz CT molecular complexity index is 517. The molecule has 1 aromatic rings. The molecule has 0 aliphatic rings. The standard InChI is InChI=1S/C16H24N2O4/c1-3-13(18-9-5-6-15(19)20)16(21)11-7-8-14(22-4-2)12(17)10-11/h7-8,10,13,18H,3-6,9,17H2,1-2H3,(H,19,20). The first kappa shape index (κ1) is 18.0. The fourth-order valence-electron chi connectivity index (χ4n) is 2.13. The quantitative estimate of drug-likeness (QED) is 0.347. The number of hydrogen-bond acceptors (Lipinski definition) is 5. The molecule has 1 atom stereocenters. The molecule has 22 heavy (non-hydrogen) atoms. The molecule has 4 N–H and O–H groups in total. The Balaban J connectivity index is 2.66. The van der Waals surface area contributed by atoms with E-state index in [2.05, 4.69) is 5.32 Å². The average molecular weight is 308 g/mol. The number of carboxylic acid groups (broad SMARTS) is 1. The SMILES string of the molecule is CCOc1ccc(C(=O)C(CC)NCCCC(=O)O)cc1N. The maximum Gasteiger partial charge on any atom is 0.303 e. The van der Waals surface area contributed by atoms with Gasteiger partial charge in [0.1, 0.15) is 5.75 Å². The largest absolute Gasteiger partial charge is 0.492 e. The molecule has 0 aliphatic carbocycles. The highest BCUT2D eigenvalue weighted by atomic mass is 16.5. The summed E-state index contributed by atoms with van der Waals surface area (Å²) in [6.07, 6.45) is 1.21. The number of carbonyl (C=O) groups excluding carboxylic acids is 1. The van der Waals surface area contributed by atoms with Gasteiger partial charge in [0, 0.05) is 12.0 Å². The minimum absolute atomic E-state index is 0.0485. The summed E-state index contributed by atoms with van der Waals surface area (Å²) in [5, 5.41) is 11.7. The van der Waals surface area contributed by atoms with E-state index in [0.29, 0.717) is 43.0 Å². The predicted octanol–water partition coefficient (Wildman–Crippen LogP) is 2.08. The van der Waals surface area contributed by atoms with Crippen molar-refractivity contribution in [1.29, 1.82) is 0 Å². The van der Waals surface area contributed by atoms with Gasteiger partial charge in [-0.3, -0.25) is 9.59 Å². The van der Waals surface area contributed by atoms with E-state index in [1.807, 2.05) is 13.8 Å². The third-order valence-corrected chi connectivity index (χ3v) is 3.28. The number of nitrogens with one attached hydrogen (secondary N) is 1. The second-order valence-corrected chi connectivity index (χ2v) is 4.96. The smallest absolute Gasteiger partial charge is 0.303 e. The Morgan fingerprint density at radius 1 is 1.36 bits per heavy atom. The second kappa shape index (κ2) is 9.04. The summed E-state index contributed by atoms with van der Waals surface area (Å²) in [6.45, 7) is 4.78. The van der Waals surface area contributed by atoms with Crippen LogP contribution < -0.4 is 15.8 Å². The highest BCUT2D eigenvalue weighted by Gasteiger charge is 2.18. The van der Waals surface area contributed by atoms with E-state index in [0.717, 1.165) is 0 Å². The van der Waals surface area contributed by atoms with Gasteiger partial charge in [-0.2, -0.15) is 0 Å². The molecule has 0 bridgehead atoms. The average Bonchev–Trinajstić information content (AvgIpc) is 2.48. The molecule has 0 radical (unpaired) electrons. The van der Waals surface area contributed by atoms with E-state index in [1.54, 1.807) is 18.2 Å². The van der Waals surface area contributed by atoms with Crippen LogP contribution in [-0.4, -0.2) is 36.1 Å². The summed E-state index contributed by atoms with van der Waals surface area (Å²) in [7, 11) is 0. The third-order valence-electron chi connectivity index (χ3n) is 3.28. The van der Waals surface area contributed by atoms with Crippen LogP contribution >= 0.6 is 0 Å². The Kier molecular flexibility index (Phi) is 7.39. The molecular weight excluding hydrogens is 284 g/mol. The number of anilines is 1. The van der Waals surface area contributed by atoms with Crippen molar-refractivity contribution in [1.82, 2.24) is 5.32 Å². The van der Waals surface area contributed by atoms with Gasteiger partial charge in [-0.1, -0.05) is 6.92 Å². The molecule has 0 amide bonds. The Morgan fingerprint density at radius 2 is 2.09 bits per heavy atom. The van der Waals surface area contributed by atoms with E-state index in [9.17, 15) is 9.59 Å². The minimum Gasteiger partial charge on any atom is -0.492 e. The molecule has 0 saturated carbocycles. The lowest BCUT2D eigenvalue weighted by Crippen LogP contribution is -2.37. The summed E-state index contributed by atoms with van der Waals surface area (Å²) in [6, 6.07) is 4.68. The molecule has 0 saturated heterocycles. The van der Waals surface area contributed by atoms with Gasteiger partial charge in [0.05, 0.1) is 18.3 Å². The van der Waals surface area contributed by atoms with Crippen molar-refractivity contribution in [2.24, 2.45) is 0 Å². The maximum atomic E-state index is 12.5. The van der Waals surface area contributed by atoms with Crippen molar-refractivity contribution < 1.29 is 19.4 Å². The van der Waals surface area contributed by atoms with Crippen LogP contribution in [0.2, 0.25) is 0 Å². The number of nitrogens with two attached hydrogens (primary N) is 1. The van der Waals surface area contributed by atoms with Gasteiger partial charge in [-0.15, -0.1) is 0 Å². The number of carbonyl (C=O) groups is 2. The molecule has 0 aliphatic heterocycles. The van der Waals surface area contributed by atoms with Crippen LogP contribution in [0.25, 0.3) is 0 Å². The van der Waals surface area contributed by atoms with Gasteiger partial charge < -0.3 is 20.9 Å². The number of ketones is 1. The summed E-state index contributed by atoms with van der Waals surface area (Å²) >= 11 is 0. The first-order chi connectivity index (χ1) is 10.5. The van der Waals surface area contributed by atoms with E-state index < -0.39 is 5.97 Å². The molecule has 0 fully saturated rings. The zero-order valence-corrected chi connectivity index (χ0v) is 13.1. The molecule has 0 spiro atoms. The van der Waals surface area contributed by atoms with Crippen molar-refractivity contribution in [3.63, 3.8) is 0 Å². The number of nitrogen functional groups attached to an aromatic ring is 1. The normalized spacial score (nSPS) is 11.9. The van der Waals surface area contributed by atoms with Crippen LogP contribution in [0, 0.1) is 0 Å². The predicted molar refractivity (Wildman–Crippen MR) is 85.3 cm³/mol. The summed E-state index contributed by atoms with van der Waals surface area (Å²) in [5.74, 6) is -0.311. The molecule has 0 aromatic heterocycles. The molecule has 122 valence electrons. The van der Waals surface area contributed by atoms with E-state index in [4.69, 9.17) is 15.6 Å². The molecular formula is C16H24N2O4. The summed E-state index contributed by atoms with van der Waals surface area (Å²) < 4.78 is 5.35. The topological polar surface area (TPSA) is 102 Å². The number of ether oxygens (including phenoxy) is 1. The first-order valence-corrected chi connectivity index (χ1v) is 7.51. The molecule has 6 heteroatoms. The van der Waals surface area contributed by atoms with Crippen LogP contribution in [0.15, 0.2) is 18.2 Å². The lowest BCUT2D eigenvalue weighted by Gasteiger charge is -2.16.